The van der Waals surface area contributed by atoms with Crippen molar-refractivity contribution >= 4 is 0 Å². The first-order valence-electron chi connectivity index (χ1n) is 5.42. The van der Waals surface area contributed by atoms with Gasteiger partial charge in [0.25, 0.3) is 0 Å². The van der Waals surface area contributed by atoms with Gasteiger partial charge in [0, 0.05) is 18.6 Å². The molecule has 1 N–H and O–H groups in total. The van der Waals surface area contributed by atoms with Crippen molar-refractivity contribution in [3.63, 3.8) is 0 Å². The molecule has 0 aromatic rings. The van der Waals surface area contributed by atoms with Gasteiger partial charge in [0.05, 0.1) is 6.10 Å². The van der Waals surface area contributed by atoms with Gasteiger partial charge in [-0.3, -0.25) is 4.90 Å². The van der Waals surface area contributed by atoms with Crippen molar-refractivity contribution in [2.45, 2.75) is 58.2 Å². The number of likely N-dealkylation sites (tertiary alicyclic amines) is 1. The van der Waals surface area contributed by atoms with E-state index in [0.29, 0.717) is 11.5 Å². The summed E-state index contributed by atoms with van der Waals surface area (Å²) in [7, 11) is 0. The van der Waals surface area contributed by atoms with E-state index in [-0.39, 0.29) is 6.10 Å². The fourth-order valence-corrected chi connectivity index (χ4v) is 2.50. The van der Waals surface area contributed by atoms with E-state index in [1.165, 1.54) is 12.8 Å². The van der Waals surface area contributed by atoms with Gasteiger partial charge in [0.2, 0.25) is 0 Å². The van der Waals surface area contributed by atoms with Gasteiger partial charge in [0.15, 0.2) is 0 Å². The van der Waals surface area contributed by atoms with Crippen LogP contribution in [0.2, 0.25) is 0 Å². The van der Waals surface area contributed by atoms with E-state index in [1.54, 1.807) is 0 Å². The molecule has 1 saturated carbocycles. The second-order valence-electron chi connectivity index (χ2n) is 5.70. The average Bonchev–Trinajstić information content (AvgIpc) is 2.73. The lowest BCUT2D eigenvalue weighted by atomic mass is 9.85. The standard InChI is InChI=1S/C11H21NO/c1-11(2,3)10-6-9(13)7-12(10)8-4-5-8/h8-10,13H,4-7H2,1-3H3/t9-,10?/m1/s1. The minimum absolute atomic E-state index is 0.0789. The van der Waals surface area contributed by atoms with E-state index in [4.69, 9.17) is 0 Å². The van der Waals surface area contributed by atoms with Gasteiger partial charge in [-0.2, -0.15) is 0 Å². The summed E-state index contributed by atoms with van der Waals surface area (Å²) < 4.78 is 0. The fourth-order valence-electron chi connectivity index (χ4n) is 2.50. The van der Waals surface area contributed by atoms with Gasteiger partial charge in [-0.25, -0.2) is 0 Å². The number of β-amino-alcohol motifs (C(OH)–C–C–N with tert-alkyl or cyclic N) is 1. The second kappa shape index (κ2) is 2.96. The minimum Gasteiger partial charge on any atom is -0.392 e. The zero-order valence-electron chi connectivity index (χ0n) is 8.95. The Morgan fingerprint density at radius 1 is 1.23 bits per heavy atom. The number of hydrogen-bond donors (Lipinski definition) is 1. The number of aliphatic hydroxyl groups excluding tert-OH is 1. The van der Waals surface area contributed by atoms with Gasteiger partial charge < -0.3 is 5.11 Å². The predicted octanol–water partition coefficient (Wildman–Crippen LogP) is 1.63. The molecular weight excluding hydrogens is 162 g/mol. The quantitative estimate of drug-likeness (QED) is 0.668. The predicted molar refractivity (Wildman–Crippen MR) is 53.6 cm³/mol. The summed E-state index contributed by atoms with van der Waals surface area (Å²) in [6.45, 7) is 7.76. The molecule has 0 aromatic carbocycles. The summed E-state index contributed by atoms with van der Waals surface area (Å²) in [5.74, 6) is 0. The Balaban J connectivity index is 2.07. The zero-order valence-corrected chi connectivity index (χ0v) is 8.95. The highest BCUT2D eigenvalue weighted by Gasteiger charge is 2.44. The van der Waals surface area contributed by atoms with E-state index in [9.17, 15) is 5.11 Å². The van der Waals surface area contributed by atoms with E-state index < -0.39 is 0 Å². The van der Waals surface area contributed by atoms with Gasteiger partial charge in [-0.1, -0.05) is 20.8 Å². The molecule has 1 aliphatic carbocycles. The normalized spacial score (nSPS) is 36.9. The van der Waals surface area contributed by atoms with Crippen LogP contribution in [0, 0.1) is 5.41 Å². The van der Waals surface area contributed by atoms with Crippen LogP contribution in [0.5, 0.6) is 0 Å². The van der Waals surface area contributed by atoms with Crippen LogP contribution in [0.25, 0.3) is 0 Å². The van der Waals surface area contributed by atoms with Crippen LogP contribution in [-0.4, -0.2) is 34.7 Å². The summed E-state index contributed by atoms with van der Waals surface area (Å²) in [6.07, 6.45) is 3.59. The van der Waals surface area contributed by atoms with Crippen molar-refractivity contribution in [3.8, 4) is 0 Å². The maximum atomic E-state index is 9.67. The lowest BCUT2D eigenvalue weighted by Crippen LogP contribution is -2.40. The molecule has 1 unspecified atom stereocenters. The Hall–Kier alpha value is -0.0800. The van der Waals surface area contributed by atoms with Crippen molar-refractivity contribution < 1.29 is 5.11 Å². The van der Waals surface area contributed by atoms with Crippen LogP contribution >= 0.6 is 0 Å². The number of rotatable bonds is 1. The van der Waals surface area contributed by atoms with Crippen molar-refractivity contribution in [1.29, 1.82) is 0 Å². The first-order valence-corrected chi connectivity index (χ1v) is 5.42. The fraction of sp³-hybridized carbons (Fsp3) is 1.00. The Morgan fingerprint density at radius 3 is 2.31 bits per heavy atom. The van der Waals surface area contributed by atoms with Crippen molar-refractivity contribution in [2.24, 2.45) is 5.41 Å². The van der Waals surface area contributed by atoms with Crippen LogP contribution < -0.4 is 0 Å². The van der Waals surface area contributed by atoms with Crippen molar-refractivity contribution in [3.05, 3.63) is 0 Å². The minimum atomic E-state index is -0.0789. The molecule has 0 radical (unpaired) electrons. The van der Waals surface area contributed by atoms with Gasteiger partial charge in [-0.05, 0) is 24.7 Å². The molecule has 2 fully saturated rings. The first kappa shape index (κ1) is 9.47. The third-order valence-corrected chi connectivity index (χ3v) is 3.33. The summed E-state index contributed by atoms with van der Waals surface area (Å²) in [6, 6.07) is 1.39. The molecule has 0 amide bonds. The summed E-state index contributed by atoms with van der Waals surface area (Å²) in [5.41, 5.74) is 0.320. The maximum absolute atomic E-state index is 9.67. The Labute approximate surface area is 80.9 Å². The molecule has 2 atom stereocenters. The molecule has 1 heterocycles. The van der Waals surface area contributed by atoms with Crippen molar-refractivity contribution in [1.82, 2.24) is 4.90 Å². The average molecular weight is 183 g/mol. The number of nitrogens with zero attached hydrogens (tertiary/aromatic N) is 1. The highest BCUT2D eigenvalue weighted by atomic mass is 16.3. The van der Waals surface area contributed by atoms with E-state index in [1.807, 2.05) is 0 Å². The van der Waals surface area contributed by atoms with Gasteiger partial charge >= 0.3 is 0 Å². The number of hydrogen-bond acceptors (Lipinski definition) is 2. The second-order valence-corrected chi connectivity index (χ2v) is 5.70. The highest BCUT2D eigenvalue weighted by Crippen LogP contribution is 2.40. The Bertz CT molecular complexity index is 193. The lowest BCUT2D eigenvalue weighted by molar-refractivity contribution is 0.132. The molecule has 2 aliphatic rings. The molecule has 2 nitrogen and oxygen atoms in total. The zero-order chi connectivity index (χ0) is 9.64. The monoisotopic (exact) mass is 183 g/mol. The largest absolute Gasteiger partial charge is 0.392 e. The third-order valence-electron chi connectivity index (χ3n) is 3.33. The van der Waals surface area contributed by atoms with E-state index in [0.717, 1.165) is 19.0 Å². The summed E-state index contributed by atoms with van der Waals surface area (Å²) in [5, 5.41) is 9.67. The Kier molecular flexibility index (Phi) is 2.16. The van der Waals surface area contributed by atoms with Crippen LogP contribution in [-0.2, 0) is 0 Å². The maximum Gasteiger partial charge on any atom is 0.0682 e. The van der Waals surface area contributed by atoms with E-state index in [2.05, 4.69) is 25.7 Å². The lowest BCUT2D eigenvalue weighted by Gasteiger charge is -2.34. The topological polar surface area (TPSA) is 23.5 Å². The molecule has 2 rings (SSSR count). The SMILES string of the molecule is CC(C)(C)C1C[C@@H](O)CN1C1CC1. The molecule has 0 bridgehead atoms. The molecule has 1 saturated heterocycles. The number of aliphatic hydroxyl groups is 1. The van der Waals surface area contributed by atoms with Crippen LogP contribution in [0.15, 0.2) is 0 Å². The first-order chi connectivity index (χ1) is 5.98. The summed E-state index contributed by atoms with van der Waals surface area (Å²) >= 11 is 0. The van der Waals surface area contributed by atoms with Crippen LogP contribution in [0.3, 0.4) is 0 Å². The summed E-state index contributed by atoms with van der Waals surface area (Å²) in [4.78, 5) is 2.53. The highest BCUT2D eigenvalue weighted by molar-refractivity contribution is 4.99. The molecule has 76 valence electrons. The van der Waals surface area contributed by atoms with Crippen molar-refractivity contribution in [2.75, 3.05) is 6.54 Å². The smallest absolute Gasteiger partial charge is 0.0682 e. The van der Waals surface area contributed by atoms with Crippen LogP contribution in [0.1, 0.15) is 40.0 Å². The molecule has 0 aromatic heterocycles. The molecule has 1 aliphatic heterocycles. The van der Waals surface area contributed by atoms with Crippen LogP contribution in [0.4, 0.5) is 0 Å². The molecule has 13 heavy (non-hydrogen) atoms. The van der Waals surface area contributed by atoms with Gasteiger partial charge in [-0.15, -0.1) is 0 Å². The molecule has 2 heteroatoms. The molecule has 0 spiro atoms. The van der Waals surface area contributed by atoms with Gasteiger partial charge in [0.1, 0.15) is 0 Å². The molecular formula is C11H21NO. The third kappa shape index (κ3) is 1.89. The van der Waals surface area contributed by atoms with E-state index >= 15 is 0 Å². The Morgan fingerprint density at radius 2 is 1.85 bits per heavy atom.